The van der Waals surface area contributed by atoms with E-state index >= 15 is 0 Å². The molecule has 4 rings (SSSR count). The van der Waals surface area contributed by atoms with Crippen molar-refractivity contribution in [3.63, 3.8) is 0 Å². The Bertz CT molecular complexity index is 1510. The molecule has 1 aliphatic rings. The Labute approximate surface area is 254 Å². The Kier molecular flexibility index (Phi) is 11.0. The average Bonchev–Trinajstić information content (AvgIpc) is 3.02. The minimum absolute atomic E-state index is 0.0379. The fraction of sp³-hybridized carbons (Fsp3) is 0.265. The Hall–Kier alpha value is -4.86. The second kappa shape index (κ2) is 15.0. The second-order valence-corrected chi connectivity index (χ2v) is 10.2. The zero-order valence-corrected chi connectivity index (χ0v) is 24.2. The molecule has 3 aromatic carbocycles. The van der Waals surface area contributed by atoms with Gasteiger partial charge in [0, 0.05) is 23.9 Å². The minimum atomic E-state index is -4.83. The molecule has 230 valence electrons. The van der Waals surface area contributed by atoms with Crippen LogP contribution in [0.25, 0.3) is 11.6 Å². The molecule has 0 aliphatic heterocycles. The van der Waals surface area contributed by atoms with Gasteiger partial charge in [0.2, 0.25) is 0 Å². The number of carbonyl (C=O) groups excluding carboxylic acids is 3. The third-order valence-corrected chi connectivity index (χ3v) is 7.02. The number of esters is 1. The maximum Gasteiger partial charge on any atom is 0.573 e. The lowest BCUT2D eigenvalue weighted by atomic mass is 9.93. The van der Waals surface area contributed by atoms with Crippen LogP contribution in [0, 0.1) is 0 Å². The zero-order valence-electron chi connectivity index (χ0n) is 24.2. The summed E-state index contributed by atoms with van der Waals surface area (Å²) < 4.78 is 46.5. The summed E-state index contributed by atoms with van der Waals surface area (Å²) in [5, 5.41) is 2.65. The Morgan fingerprint density at radius 2 is 1.73 bits per heavy atom. The van der Waals surface area contributed by atoms with Crippen molar-refractivity contribution in [2.24, 2.45) is 0 Å². The fourth-order valence-electron chi connectivity index (χ4n) is 4.75. The molecule has 44 heavy (non-hydrogen) atoms. The molecule has 0 unspecified atom stereocenters. The van der Waals surface area contributed by atoms with E-state index in [1.54, 1.807) is 30.3 Å². The summed E-state index contributed by atoms with van der Waals surface area (Å²) in [6.45, 7) is 0.329. The van der Waals surface area contributed by atoms with Gasteiger partial charge in [0.1, 0.15) is 5.75 Å². The van der Waals surface area contributed by atoms with Crippen LogP contribution in [-0.4, -0.2) is 37.8 Å². The first-order chi connectivity index (χ1) is 21.1. The molecule has 3 aromatic rings. The van der Waals surface area contributed by atoms with E-state index in [2.05, 4.69) is 20.9 Å². The number of nitrogens with one attached hydrogen (secondary N) is 1. The molecule has 0 fully saturated rings. The maximum atomic E-state index is 13.5. The van der Waals surface area contributed by atoms with Crippen LogP contribution in [-0.2, 0) is 20.9 Å². The lowest BCUT2D eigenvalue weighted by molar-refractivity contribution is -0.274. The van der Waals surface area contributed by atoms with Gasteiger partial charge in [-0.1, -0.05) is 42.5 Å². The van der Waals surface area contributed by atoms with E-state index in [4.69, 9.17) is 0 Å². The van der Waals surface area contributed by atoms with Gasteiger partial charge in [0.15, 0.2) is 0 Å². The van der Waals surface area contributed by atoms with Crippen molar-refractivity contribution in [2.75, 3.05) is 18.6 Å². The summed E-state index contributed by atoms with van der Waals surface area (Å²) in [7, 11) is 1.27. The van der Waals surface area contributed by atoms with Crippen LogP contribution in [0.15, 0.2) is 84.9 Å². The van der Waals surface area contributed by atoms with E-state index < -0.39 is 24.0 Å². The van der Waals surface area contributed by atoms with Gasteiger partial charge in [-0.05, 0) is 90.4 Å². The van der Waals surface area contributed by atoms with E-state index in [1.807, 2.05) is 24.3 Å². The van der Waals surface area contributed by atoms with Gasteiger partial charge in [0.25, 0.3) is 11.8 Å². The number of ether oxygens (including phenoxy) is 2. The van der Waals surface area contributed by atoms with Crippen molar-refractivity contribution >= 4 is 35.1 Å². The highest BCUT2D eigenvalue weighted by Crippen LogP contribution is 2.28. The molecule has 1 aliphatic carbocycles. The molecule has 7 nitrogen and oxygen atoms in total. The molecule has 10 heteroatoms. The van der Waals surface area contributed by atoms with E-state index in [1.165, 1.54) is 54.4 Å². The number of hydrogen-bond acceptors (Lipinski definition) is 5. The smallest absolute Gasteiger partial charge is 0.469 e. The Morgan fingerprint density at radius 3 is 2.39 bits per heavy atom. The van der Waals surface area contributed by atoms with Crippen LogP contribution < -0.4 is 15.0 Å². The average molecular weight is 607 g/mol. The Balaban J connectivity index is 1.54. The molecule has 0 aromatic heterocycles. The number of amides is 2. The van der Waals surface area contributed by atoms with E-state index in [9.17, 15) is 27.6 Å². The number of anilines is 1. The van der Waals surface area contributed by atoms with Gasteiger partial charge in [-0.3, -0.25) is 14.4 Å². The number of nitrogens with zero attached hydrogens (tertiary/aromatic N) is 1. The summed E-state index contributed by atoms with van der Waals surface area (Å²) in [6.07, 6.45) is 4.62. The van der Waals surface area contributed by atoms with Crippen molar-refractivity contribution in [3.05, 3.63) is 107 Å². The quantitative estimate of drug-likeness (QED) is 0.186. The molecule has 0 atom stereocenters. The number of halogens is 3. The highest BCUT2D eigenvalue weighted by molar-refractivity contribution is 6.04. The first-order valence-electron chi connectivity index (χ1n) is 14.2. The molecular formula is C34H33F3N2O5. The molecule has 0 heterocycles. The number of methoxy groups -OCH3 is 1. The zero-order chi connectivity index (χ0) is 31.5. The molecule has 0 saturated carbocycles. The van der Waals surface area contributed by atoms with Gasteiger partial charge in [0.05, 0.1) is 20.1 Å². The number of benzene rings is 3. The van der Waals surface area contributed by atoms with Crippen LogP contribution in [0.3, 0.4) is 0 Å². The Morgan fingerprint density at radius 1 is 0.977 bits per heavy atom. The number of allylic oxidation sites excluding steroid dienone is 2. The van der Waals surface area contributed by atoms with Crippen LogP contribution in [0.5, 0.6) is 5.75 Å². The van der Waals surface area contributed by atoms with Gasteiger partial charge in [-0.15, -0.1) is 13.2 Å². The lowest BCUT2D eigenvalue weighted by Crippen LogP contribution is -2.29. The van der Waals surface area contributed by atoms with Crippen molar-refractivity contribution in [1.82, 2.24) is 5.32 Å². The largest absolute Gasteiger partial charge is 0.573 e. The number of alkyl halides is 3. The van der Waals surface area contributed by atoms with Crippen LogP contribution in [0.4, 0.5) is 18.9 Å². The first-order valence-corrected chi connectivity index (χ1v) is 14.2. The van der Waals surface area contributed by atoms with Gasteiger partial charge >= 0.3 is 12.3 Å². The summed E-state index contributed by atoms with van der Waals surface area (Å²) in [4.78, 5) is 38.8. The van der Waals surface area contributed by atoms with Crippen molar-refractivity contribution < 1.29 is 37.0 Å². The summed E-state index contributed by atoms with van der Waals surface area (Å²) >= 11 is 0. The third kappa shape index (κ3) is 9.58. The standard InChI is InChI=1S/C34H33F3N2O5/c1-43-32(41)20-21-38-33(42)28-15-17-29(18-16-28)39(23-25-10-13-27(14-11-25)26-7-3-2-4-8-26)31(40)19-12-24-6-5-9-30(22-24)44-34(35,36)37/h5-7,9-19,22H,2-4,8,20-21,23H2,1H3,(H,38,42)/b19-12+. The highest BCUT2D eigenvalue weighted by atomic mass is 19.4. The molecule has 0 radical (unpaired) electrons. The van der Waals surface area contributed by atoms with E-state index in [0.717, 1.165) is 30.4 Å². The number of hydrogen-bond donors (Lipinski definition) is 1. The summed E-state index contributed by atoms with van der Waals surface area (Å²) in [6, 6.07) is 19.8. The molecule has 0 spiro atoms. The molecular weight excluding hydrogens is 573 g/mol. The van der Waals surface area contributed by atoms with Crippen molar-refractivity contribution in [1.29, 1.82) is 0 Å². The number of rotatable bonds is 11. The maximum absolute atomic E-state index is 13.5. The van der Waals surface area contributed by atoms with Crippen LogP contribution >= 0.6 is 0 Å². The molecule has 0 bridgehead atoms. The van der Waals surface area contributed by atoms with Crippen LogP contribution in [0.1, 0.15) is 59.2 Å². The third-order valence-electron chi connectivity index (χ3n) is 7.02. The molecule has 2 amide bonds. The van der Waals surface area contributed by atoms with Crippen molar-refractivity contribution in [3.8, 4) is 5.75 Å². The van der Waals surface area contributed by atoms with E-state index in [-0.39, 0.29) is 25.4 Å². The first kappa shape index (κ1) is 32.1. The fourth-order valence-corrected chi connectivity index (χ4v) is 4.75. The topological polar surface area (TPSA) is 84.9 Å². The van der Waals surface area contributed by atoms with E-state index in [0.29, 0.717) is 16.8 Å². The predicted molar refractivity (Wildman–Crippen MR) is 162 cm³/mol. The minimum Gasteiger partial charge on any atom is -0.469 e. The molecule has 1 N–H and O–H groups in total. The SMILES string of the molecule is COC(=O)CCNC(=O)c1ccc(N(Cc2ccc(C3=CCCCC3)cc2)C(=O)/C=C/c2cccc(OC(F)(F)F)c2)cc1. The van der Waals surface area contributed by atoms with Crippen LogP contribution in [0.2, 0.25) is 0 Å². The lowest BCUT2D eigenvalue weighted by Gasteiger charge is -2.22. The molecule has 0 saturated heterocycles. The van der Waals surface area contributed by atoms with Gasteiger partial charge < -0.3 is 19.7 Å². The van der Waals surface area contributed by atoms with Crippen molar-refractivity contribution in [2.45, 2.75) is 45.0 Å². The van der Waals surface area contributed by atoms with Gasteiger partial charge in [-0.25, -0.2) is 0 Å². The monoisotopic (exact) mass is 606 g/mol. The van der Waals surface area contributed by atoms with Gasteiger partial charge in [-0.2, -0.15) is 0 Å². The predicted octanol–water partition coefficient (Wildman–Crippen LogP) is 7.08. The number of carbonyl (C=O) groups is 3. The second-order valence-electron chi connectivity index (χ2n) is 10.2. The highest BCUT2D eigenvalue weighted by Gasteiger charge is 2.31. The summed E-state index contributed by atoms with van der Waals surface area (Å²) in [5.74, 6) is -1.63. The normalized spacial score (nSPS) is 13.2. The summed E-state index contributed by atoms with van der Waals surface area (Å²) in [5.41, 5.74) is 4.54.